The van der Waals surface area contributed by atoms with E-state index in [1.807, 2.05) is 78.9 Å². The van der Waals surface area contributed by atoms with E-state index in [0.717, 1.165) is 104 Å². The number of nitrogens with one attached hydrogen (secondary N) is 2. The Bertz CT molecular complexity index is 3450. The van der Waals surface area contributed by atoms with E-state index in [0.29, 0.717) is 55.0 Å². The molecule has 8 aromatic rings. The number of para-hydroxylation sites is 2. The molecule has 8 aromatic carbocycles. The van der Waals surface area contributed by atoms with Crippen LogP contribution in [-0.2, 0) is 58.1 Å². The van der Waals surface area contributed by atoms with E-state index < -0.39 is 15.4 Å². The van der Waals surface area contributed by atoms with Crippen molar-refractivity contribution in [2.24, 2.45) is 5.41 Å². The van der Waals surface area contributed by atoms with E-state index in [2.05, 4.69) is 83.7 Å². The third-order valence-corrected chi connectivity index (χ3v) is 18.0. The largest absolute Gasteiger partial charge is 0.427 e. The number of sulfonamides is 1. The zero-order valence-corrected chi connectivity index (χ0v) is 47.2. The molecule has 0 saturated heterocycles. The predicted molar refractivity (Wildman–Crippen MR) is 325 cm³/mol. The van der Waals surface area contributed by atoms with Gasteiger partial charge in [-0.1, -0.05) is 186 Å². The first kappa shape index (κ1) is 55.8. The zero-order valence-electron chi connectivity index (χ0n) is 46.4. The average molecular weight is 1090 g/mol. The molecule has 0 spiro atoms. The van der Waals surface area contributed by atoms with E-state index >= 15 is 4.79 Å². The van der Waals surface area contributed by atoms with Crippen molar-refractivity contribution in [1.82, 2.24) is 0 Å². The maximum atomic E-state index is 16.0. The summed E-state index contributed by atoms with van der Waals surface area (Å²) in [6, 6.07) is 59.7. The van der Waals surface area contributed by atoms with Gasteiger partial charge in [-0.25, -0.2) is 8.42 Å². The summed E-state index contributed by atoms with van der Waals surface area (Å²) in [4.78, 5) is 29.1. The molecule has 10 rings (SSSR count). The van der Waals surface area contributed by atoms with Gasteiger partial charge in [0.15, 0.2) is 5.75 Å². The first-order valence-electron chi connectivity index (χ1n) is 29.4. The fraction of sp³-hybridized carbons (Fsp3) is 0.324. The van der Waals surface area contributed by atoms with Gasteiger partial charge >= 0.3 is 11.9 Å². The predicted octanol–water partition coefficient (Wildman–Crippen LogP) is 17.2. The minimum Gasteiger partial charge on any atom is -0.427 e. The van der Waals surface area contributed by atoms with Crippen LogP contribution in [0.15, 0.2) is 187 Å². The molecule has 412 valence electrons. The number of carbonyl (C=O) groups is 2. The molecule has 1 saturated carbocycles. The second-order valence-corrected chi connectivity index (χ2v) is 24.0. The van der Waals surface area contributed by atoms with Gasteiger partial charge in [0.25, 0.3) is 10.0 Å². The summed E-state index contributed by atoms with van der Waals surface area (Å²) in [5.74, 6) is 0.443. The van der Waals surface area contributed by atoms with Crippen LogP contribution in [0.25, 0.3) is 10.8 Å². The van der Waals surface area contributed by atoms with Crippen molar-refractivity contribution in [3.63, 3.8) is 0 Å². The van der Waals surface area contributed by atoms with Crippen molar-refractivity contribution < 1.29 is 27.5 Å². The molecule has 2 aliphatic carbocycles. The third-order valence-electron chi connectivity index (χ3n) is 16.6. The number of esters is 2. The molecular weight excluding hydrogens is 1010 g/mol. The Hall–Kier alpha value is -7.49. The van der Waals surface area contributed by atoms with Gasteiger partial charge in [-0.05, 0) is 174 Å². The summed E-state index contributed by atoms with van der Waals surface area (Å²) in [6.45, 7) is 2.20. The SMILES string of the molecule is CCCCCCCCC(=O)Oc1ccc(CC(Cc2ccc(S(=O)(=O)Nc3ccccc3)cc2)c2ccc(Nc3ccccc3)c(OC(=O)C3(Cc4c5c(cc6ccccc46)CCCC5)CCCCC3)c2Cc2ccccc2)cc1. The number of ether oxygens (including phenoxy) is 2. The number of hydrogen-bond acceptors (Lipinski definition) is 7. The molecule has 0 aliphatic heterocycles. The molecular formula is C71H76N2O6S. The number of rotatable bonds is 24. The van der Waals surface area contributed by atoms with Crippen LogP contribution in [0.4, 0.5) is 17.1 Å². The van der Waals surface area contributed by atoms with Crippen LogP contribution in [0.1, 0.15) is 147 Å². The van der Waals surface area contributed by atoms with Crippen LogP contribution in [0.2, 0.25) is 0 Å². The van der Waals surface area contributed by atoms with E-state index in [4.69, 9.17) is 9.47 Å². The Kier molecular flexibility index (Phi) is 18.6. The molecule has 1 atom stereocenters. The van der Waals surface area contributed by atoms with Crippen molar-refractivity contribution in [3.05, 3.63) is 226 Å². The lowest BCUT2D eigenvalue weighted by Crippen LogP contribution is -2.39. The fourth-order valence-corrected chi connectivity index (χ4v) is 13.4. The van der Waals surface area contributed by atoms with E-state index in [-0.39, 0.29) is 22.8 Å². The average Bonchev–Trinajstić information content (AvgIpc) is 3.50. The van der Waals surface area contributed by atoms with Gasteiger partial charge in [0, 0.05) is 29.8 Å². The van der Waals surface area contributed by atoms with Gasteiger partial charge in [-0.15, -0.1) is 0 Å². The highest BCUT2D eigenvalue weighted by molar-refractivity contribution is 7.92. The second kappa shape index (κ2) is 26.6. The minimum absolute atomic E-state index is 0.166. The molecule has 1 fully saturated rings. The summed E-state index contributed by atoms with van der Waals surface area (Å²) in [5.41, 5.74) is 10.5. The van der Waals surface area contributed by atoms with Gasteiger partial charge in [0.2, 0.25) is 0 Å². The van der Waals surface area contributed by atoms with Crippen LogP contribution in [0, 0.1) is 5.41 Å². The smallest absolute Gasteiger partial charge is 0.317 e. The fourth-order valence-electron chi connectivity index (χ4n) is 12.3. The first-order valence-corrected chi connectivity index (χ1v) is 30.8. The maximum absolute atomic E-state index is 16.0. The maximum Gasteiger partial charge on any atom is 0.317 e. The molecule has 2 N–H and O–H groups in total. The van der Waals surface area contributed by atoms with Crippen molar-refractivity contribution in [3.8, 4) is 11.5 Å². The van der Waals surface area contributed by atoms with Crippen LogP contribution >= 0.6 is 0 Å². The molecule has 0 heterocycles. The Morgan fingerprint density at radius 1 is 0.588 bits per heavy atom. The van der Waals surface area contributed by atoms with Gasteiger partial charge < -0.3 is 14.8 Å². The van der Waals surface area contributed by atoms with E-state index in [9.17, 15) is 13.2 Å². The lowest BCUT2D eigenvalue weighted by Gasteiger charge is -2.37. The Labute approximate surface area is 474 Å². The molecule has 9 heteroatoms. The molecule has 0 radical (unpaired) electrons. The summed E-state index contributed by atoms with van der Waals surface area (Å²) in [5, 5.41) is 6.18. The van der Waals surface area contributed by atoms with Gasteiger partial charge in [0.05, 0.1) is 16.0 Å². The summed E-state index contributed by atoms with van der Waals surface area (Å²) >= 11 is 0. The highest BCUT2D eigenvalue weighted by Crippen LogP contribution is 2.47. The quantitative estimate of drug-likeness (QED) is 0.0352. The van der Waals surface area contributed by atoms with Crippen LogP contribution < -0.4 is 19.5 Å². The van der Waals surface area contributed by atoms with Crippen molar-refractivity contribution in [1.29, 1.82) is 0 Å². The molecule has 0 amide bonds. The summed E-state index contributed by atoms with van der Waals surface area (Å²) in [6.07, 6.45) is 18.1. The highest BCUT2D eigenvalue weighted by Gasteiger charge is 2.43. The number of carbonyl (C=O) groups excluding carboxylic acids is 2. The summed E-state index contributed by atoms with van der Waals surface area (Å²) in [7, 11) is -3.86. The summed E-state index contributed by atoms with van der Waals surface area (Å²) < 4.78 is 43.2. The van der Waals surface area contributed by atoms with Crippen LogP contribution in [-0.4, -0.2) is 20.4 Å². The van der Waals surface area contributed by atoms with Crippen LogP contribution in [0.5, 0.6) is 11.5 Å². The lowest BCUT2D eigenvalue weighted by molar-refractivity contribution is -0.148. The number of fused-ring (bicyclic) bond motifs is 2. The van der Waals surface area contributed by atoms with E-state index in [1.165, 1.54) is 53.1 Å². The van der Waals surface area contributed by atoms with Gasteiger partial charge in [-0.3, -0.25) is 14.3 Å². The Balaban J connectivity index is 1.05. The standard InChI is InChI=1S/C71H76N2O6S/c1-2-3-4-5-6-17-34-68(74)78-60-39-35-53(36-40-60)47-57(48-54-37-41-61(42-38-54)80(76,77)73-59-30-15-9-16-31-59)64-43-44-67(72-58-28-13-8-14-29-58)69(65(64)49-52-24-11-7-12-25-52)79-70(75)71(45-22-10-23-46-71)51-66-62-32-20-18-26-55(62)50-56-27-19-21-33-63(56)66/h7-9,11-16,18,20,24-26,28-32,35-44,50,57,72-73H,2-6,10,17,19,21-23,27,33-34,45-49,51H2,1H3. The highest BCUT2D eigenvalue weighted by atomic mass is 32.2. The van der Waals surface area contributed by atoms with Gasteiger partial charge in [0.1, 0.15) is 5.75 Å². The third kappa shape index (κ3) is 14.1. The molecule has 1 unspecified atom stereocenters. The number of anilines is 3. The molecule has 8 nitrogen and oxygen atoms in total. The number of benzene rings is 8. The number of hydrogen-bond donors (Lipinski definition) is 2. The topological polar surface area (TPSA) is 111 Å². The number of unbranched alkanes of at least 4 members (excludes halogenated alkanes) is 5. The normalized spacial score (nSPS) is 14.4. The number of aryl methyl sites for hydroxylation is 1. The molecule has 0 aromatic heterocycles. The zero-order chi connectivity index (χ0) is 55.2. The lowest BCUT2D eigenvalue weighted by atomic mass is 9.68. The monoisotopic (exact) mass is 1080 g/mol. The molecule has 80 heavy (non-hydrogen) atoms. The Morgan fingerprint density at radius 2 is 1.21 bits per heavy atom. The van der Waals surface area contributed by atoms with Crippen LogP contribution in [0.3, 0.4) is 0 Å². The Morgan fingerprint density at radius 3 is 1.93 bits per heavy atom. The first-order chi connectivity index (χ1) is 39.1. The van der Waals surface area contributed by atoms with Crippen molar-refractivity contribution in [2.75, 3.05) is 10.0 Å². The minimum atomic E-state index is -3.86. The van der Waals surface area contributed by atoms with E-state index in [1.54, 1.807) is 36.4 Å². The molecule has 0 bridgehead atoms. The van der Waals surface area contributed by atoms with Crippen molar-refractivity contribution in [2.45, 2.75) is 146 Å². The van der Waals surface area contributed by atoms with Crippen molar-refractivity contribution >= 4 is 49.8 Å². The van der Waals surface area contributed by atoms with Gasteiger partial charge in [-0.2, -0.15) is 0 Å². The molecule has 2 aliphatic rings. The second-order valence-electron chi connectivity index (χ2n) is 22.3.